The first kappa shape index (κ1) is 16.7. The van der Waals surface area contributed by atoms with Gasteiger partial charge < -0.3 is 18.9 Å². The summed E-state index contributed by atoms with van der Waals surface area (Å²) in [6.07, 6.45) is 1.96. The fourth-order valence-corrected chi connectivity index (χ4v) is 2.97. The van der Waals surface area contributed by atoms with Crippen LogP contribution in [0.5, 0.6) is 0 Å². The Morgan fingerprint density at radius 2 is 2.29 bits per heavy atom. The van der Waals surface area contributed by atoms with Crippen molar-refractivity contribution in [1.29, 1.82) is 0 Å². The molecule has 1 aromatic rings. The number of hydrogen-bond donors (Lipinski definition) is 0. The van der Waals surface area contributed by atoms with Gasteiger partial charge >= 0.3 is 6.09 Å². The summed E-state index contributed by atoms with van der Waals surface area (Å²) in [6, 6.07) is 0. The van der Waals surface area contributed by atoms with Gasteiger partial charge in [0.25, 0.3) is 0 Å². The quantitative estimate of drug-likeness (QED) is 0.741. The molecular formula is C15H22N4O5. The normalized spacial score (nSPS) is 21.2. The summed E-state index contributed by atoms with van der Waals surface area (Å²) in [6.45, 7) is 2.64. The van der Waals surface area contributed by atoms with Crippen molar-refractivity contribution in [2.45, 2.75) is 25.2 Å². The first-order valence-corrected chi connectivity index (χ1v) is 8.18. The number of likely N-dealkylation sites (tertiary alicyclic amines) is 1. The fourth-order valence-electron chi connectivity index (χ4n) is 2.97. The summed E-state index contributed by atoms with van der Waals surface area (Å²) >= 11 is 0. The van der Waals surface area contributed by atoms with Crippen LogP contribution in [0.1, 0.15) is 30.5 Å². The van der Waals surface area contributed by atoms with Crippen LogP contribution in [0.3, 0.4) is 0 Å². The van der Waals surface area contributed by atoms with Crippen molar-refractivity contribution in [1.82, 2.24) is 19.9 Å². The number of ether oxygens (including phenoxy) is 2. The van der Waals surface area contributed by atoms with Crippen LogP contribution in [-0.2, 0) is 20.7 Å². The lowest BCUT2D eigenvalue weighted by Gasteiger charge is -2.31. The van der Waals surface area contributed by atoms with E-state index in [2.05, 4.69) is 10.1 Å². The van der Waals surface area contributed by atoms with E-state index in [4.69, 9.17) is 14.0 Å². The molecule has 24 heavy (non-hydrogen) atoms. The summed E-state index contributed by atoms with van der Waals surface area (Å²) < 4.78 is 15.2. The summed E-state index contributed by atoms with van der Waals surface area (Å²) in [5.74, 6) is 1.16. The molecule has 0 bridgehead atoms. The largest absolute Gasteiger partial charge is 0.448 e. The number of nitrogens with zero attached hydrogens (tertiary/aromatic N) is 4. The van der Waals surface area contributed by atoms with Crippen molar-refractivity contribution in [3.63, 3.8) is 0 Å². The van der Waals surface area contributed by atoms with Gasteiger partial charge in [0.2, 0.25) is 11.8 Å². The van der Waals surface area contributed by atoms with Crippen molar-refractivity contribution in [2.24, 2.45) is 0 Å². The number of carbonyl (C=O) groups is 2. The maximum atomic E-state index is 12.4. The van der Waals surface area contributed by atoms with E-state index in [1.165, 1.54) is 4.90 Å². The molecule has 1 atom stereocenters. The Bertz CT molecular complexity index is 590. The minimum atomic E-state index is -0.420. The Hall–Kier alpha value is -2.16. The van der Waals surface area contributed by atoms with Crippen LogP contribution in [-0.4, -0.2) is 78.4 Å². The fraction of sp³-hybridized carbons (Fsp3) is 0.733. The van der Waals surface area contributed by atoms with E-state index in [-0.39, 0.29) is 18.4 Å². The Kier molecular flexibility index (Phi) is 5.29. The van der Waals surface area contributed by atoms with Crippen LogP contribution in [0.15, 0.2) is 4.52 Å². The first-order valence-electron chi connectivity index (χ1n) is 8.18. The van der Waals surface area contributed by atoms with Gasteiger partial charge in [-0.25, -0.2) is 4.79 Å². The second-order valence-corrected chi connectivity index (χ2v) is 6.01. The molecule has 0 N–H and O–H groups in total. The molecule has 132 valence electrons. The molecule has 0 spiro atoms. The molecule has 1 unspecified atom stereocenters. The summed E-state index contributed by atoms with van der Waals surface area (Å²) in [5.41, 5.74) is 0. The predicted octanol–water partition coefficient (Wildman–Crippen LogP) is 0.417. The highest BCUT2D eigenvalue weighted by atomic mass is 16.6. The van der Waals surface area contributed by atoms with E-state index >= 15 is 0 Å². The average Bonchev–Trinajstić information content (AvgIpc) is 3.23. The van der Waals surface area contributed by atoms with E-state index in [1.807, 2.05) is 0 Å². The molecule has 1 aromatic heterocycles. The van der Waals surface area contributed by atoms with E-state index < -0.39 is 6.09 Å². The molecule has 2 amide bonds. The summed E-state index contributed by atoms with van der Waals surface area (Å²) in [4.78, 5) is 31.5. The van der Waals surface area contributed by atoms with Gasteiger partial charge in [-0.15, -0.1) is 0 Å². The molecule has 3 heterocycles. The van der Waals surface area contributed by atoms with Crippen molar-refractivity contribution < 1.29 is 23.6 Å². The molecule has 0 aliphatic carbocycles. The number of amides is 2. The van der Waals surface area contributed by atoms with E-state index in [0.717, 1.165) is 12.8 Å². The van der Waals surface area contributed by atoms with Gasteiger partial charge in [-0.2, -0.15) is 4.98 Å². The van der Waals surface area contributed by atoms with E-state index in [9.17, 15) is 9.59 Å². The van der Waals surface area contributed by atoms with Gasteiger partial charge in [0, 0.05) is 26.6 Å². The highest BCUT2D eigenvalue weighted by Crippen LogP contribution is 2.26. The van der Waals surface area contributed by atoms with Crippen LogP contribution < -0.4 is 0 Å². The van der Waals surface area contributed by atoms with Gasteiger partial charge in [-0.3, -0.25) is 9.69 Å². The van der Waals surface area contributed by atoms with Gasteiger partial charge in [-0.1, -0.05) is 5.16 Å². The van der Waals surface area contributed by atoms with Crippen molar-refractivity contribution in [2.75, 3.05) is 46.5 Å². The number of methoxy groups -OCH3 is 1. The van der Waals surface area contributed by atoms with Crippen LogP contribution in [0.4, 0.5) is 4.79 Å². The highest BCUT2D eigenvalue weighted by molar-refractivity contribution is 5.83. The molecule has 0 aromatic carbocycles. The van der Waals surface area contributed by atoms with Gasteiger partial charge in [0.1, 0.15) is 13.2 Å². The SMILES string of the molecule is COCCc1noc(C2CCCN(C(=O)CN3CCOC3=O)C2)n1. The van der Waals surface area contributed by atoms with Crippen LogP contribution in [0.2, 0.25) is 0 Å². The molecule has 3 rings (SSSR count). The zero-order valence-electron chi connectivity index (χ0n) is 13.8. The third kappa shape index (κ3) is 3.84. The third-order valence-corrected chi connectivity index (χ3v) is 4.31. The zero-order valence-corrected chi connectivity index (χ0v) is 13.8. The van der Waals surface area contributed by atoms with Crippen molar-refractivity contribution in [3.8, 4) is 0 Å². The lowest BCUT2D eigenvalue weighted by Crippen LogP contribution is -2.45. The van der Waals surface area contributed by atoms with Crippen molar-refractivity contribution >= 4 is 12.0 Å². The monoisotopic (exact) mass is 338 g/mol. The lowest BCUT2D eigenvalue weighted by molar-refractivity contribution is -0.133. The Morgan fingerprint density at radius 3 is 3.04 bits per heavy atom. The van der Waals surface area contributed by atoms with Crippen LogP contribution in [0.25, 0.3) is 0 Å². The van der Waals surface area contributed by atoms with E-state index in [1.54, 1.807) is 12.0 Å². The highest BCUT2D eigenvalue weighted by Gasteiger charge is 2.31. The molecule has 9 nitrogen and oxygen atoms in total. The van der Waals surface area contributed by atoms with Gasteiger partial charge in [0.05, 0.1) is 19.1 Å². The first-order chi connectivity index (χ1) is 11.7. The number of rotatable bonds is 6. The molecule has 2 aliphatic heterocycles. The lowest BCUT2D eigenvalue weighted by atomic mass is 9.98. The molecule has 2 fully saturated rings. The molecule has 0 saturated carbocycles. The van der Waals surface area contributed by atoms with Gasteiger partial charge in [0.15, 0.2) is 5.82 Å². The molecule has 9 heteroatoms. The smallest absolute Gasteiger partial charge is 0.410 e. The zero-order chi connectivity index (χ0) is 16.9. The third-order valence-electron chi connectivity index (χ3n) is 4.31. The minimum Gasteiger partial charge on any atom is -0.448 e. The molecule has 2 aliphatic rings. The number of hydrogen-bond acceptors (Lipinski definition) is 7. The topological polar surface area (TPSA) is 98.0 Å². The maximum absolute atomic E-state index is 12.4. The number of aromatic nitrogens is 2. The molecule has 0 radical (unpaired) electrons. The minimum absolute atomic E-state index is 0.0389. The van der Waals surface area contributed by atoms with Crippen molar-refractivity contribution in [3.05, 3.63) is 11.7 Å². The van der Waals surface area contributed by atoms with Gasteiger partial charge in [-0.05, 0) is 12.8 Å². The second-order valence-electron chi connectivity index (χ2n) is 6.01. The maximum Gasteiger partial charge on any atom is 0.410 e. The summed E-state index contributed by atoms with van der Waals surface area (Å²) in [5, 5.41) is 3.95. The second kappa shape index (κ2) is 7.61. The number of carbonyl (C=O) groups excluding carboxylic acids is 2. The predicted molar refractivity (Wildman–Crippen MR) is 81.4 cm³/mol. The average molecular weight is 338 g/mol. The Balaban J connectivity index is 1.56. The summed E-state index contributed by atoms with van der Waals surface area (Å²) in [7, 11) is 1.63. The molecular weight excluding hydrogens is 316 g/mol. The number of cyclic esters (lactones) is 1. The molecule has 2 saturated heterocycles. The Morgan fingerprint density at radius 1 is 1.42 bits per heavy atom. The number of piperidine rings is 1. The van der Waals surface area contributed by atoms with E-state index in [0.29, 0.717) is 51.0 Å². The Labute approximate surface area is 139 Å². The van der Waals surface area contributed by atoms with Crippen LogP contribution in [0, 0.1) is 0 Å². The van der Waals surface area contributed by atoms with Crippen LogP contribution >= 0.6 is 0 Å². The standard InChI is InChI=1S/C15H22N4O5/c1-22-7-4-12-16-14(24-17-12)11-3-2-5-18(9-11)13(20)10-19-6-8-23-15(19)21/h11H,2-10H2,1H3.